The number of H-pyrrole nitrogens is 1. The molecule has 0 aromatic carbocycles. The molecular weight excluding hydrogens is 567 g/mol. The fraction of sp³-hybridized carbons (Fsp3) is 0.643. The van der Waals surface area contributed by atoms with E-state index in [2.05, 4.69) is 30.4 Å². The molecule has 3 aliphatic heterocycles. The normalized spacial score (nSPS) is 20.5. The van der Waals surface area contributed by atoms with Gasteiger partial charge in [0.1, 0.15) is 0 Å². The lowest BCUT2D eigenvalue weighted by Crippen LogP contribution is -2.57. The lowest BCUT2D eigenvalue weighted by atomic mass is 9.95. The lowest BCUT2D eigenvalue weighted by Gasteiger charge is -2.43. The number of carbonyl (C=O) groups excluding carboxylic acids is 2. The number of aromatic amines is 1. The van der Waals surface area contributed by atoms with Crippen molar-refractivity contribution < 1.29 is 22.8 Å². The van der Waals surface area contributed by atoms with Gasteiger partial charge in [-0.3, -0.25) is 14.5 Å². The van der Waals surface area contributed by atoms with Crippen LogP contribution in [0.1, 0.15) is 54.5 Å². The number of carbonyl (C=O) groups is 2. The van der Waals surface area contributed by atoms with Crippen molar-refractivity contribution in [3.05, 3.63) is 45.1 Å². The van der Waals surface area contributed by atoms with Gasteiger partial charge in [0.25, 0.3) is 5.56 Å². The van der Waals surface area contributed by atoms with Crippen LogP contribution in [0.2, 0.25) is 0 Å². The molecule has 0 atom stereocenters. The van der Waals surface area contributed by atoms with Gasteiger partial charge in [-0.05, 0) is 19.3 Å². The standard InChI is InChI=1S/C28H36F3N9O3/c29-28(30,31)19-12-32-26(33-13-19)39-10-8-38(9-11-39)25(42)18-14-37(15-18)17-23-22-16-40(7-6-21(22)24(41)36-35-23)27(43)34-20-4-2-1-3-5-20/h12-13,18,20H,1-11,14-17H2,(H,34,43)(H,36,41). The summed E-state index contributed by atoms with van der Waals surface area (Å²) in [6.07, 6.45) is 3.02. The highest BCUT2D eigenvalue weighted by atomic mass is 19.4. The van der Waals surface area contributed by atoms with E-state index in [1.165, 1.54) is 6.42 Å². The molecule has 2 aromatic heterocycles. The van der Waals surface area contributed by atoms with E-state index in [9.17, 15) is 27.6 Å². The van der Waals surface area contributed by atoms with Gasteiger partial charge in [-0.1, -0.05) is 19.3 Å². The molecule has 0 spiro atoms. The zero-order valence-corrected chi connectivity index (χ0v) is 23.9. The van der Waals surface area contributed by atoms with Crippen molar-refractivity contribution in [1.29, 1.82) is 0 Å². The van der Waals surface area contributed by atoms with Gasteiger partial charge >= 0.3 is 12.2 Å². The second-order valence-corrected chi connectivity index (χ2v) is 11.9. The minimum absolute atomic E-state index is 0.0475. The van der Waals surface area contributed by atoms with E-state index in [1.54, 1.807) is 14.7 Å². The van der Waals surface area contributed by atoms with E-state index in [-0.39, 0.29) is 35.4 Å². The Morgan fingerprint density at radius 1 is 0.953 bits per heavy atom. The molecule has 0 radical (unpaired) electrons. The van der Waals surface area contributed by atoms with Crippen LogP contribution in [0, 0.1) is 5.92 Å². The maximum absolute atomic E-state index is 13.1. The number of aromatic nitrogens is 4. The van der Waals surface area contributed by atoms with Gasteiger partial charge in [-0.15, -0.1) is 0 Å². The highest BCUT2D eigenvalue weighted by Gasteiger charge is 2.38. The number of hydrogen-bond donors (Lipinski definition) is 2. The Morgan fingerprint density at radius 3 is 2.33 bits per heavy atom. The lowest BCUT2D eigenvalue weighted by molar-refractivity contribution is -0.142. The third-order valence-corrected chi connectivity index (χ3v) is 9.00. The van der Waals surface area contributed by atoms with Crippen molar-refractivity contribution in [1.82, 2.24) is 40.2 Å². The van der Waals surface area contributed by atoms with Crippen LogP contribution in [-0.4, -0.2) is 98.7 Å². The van der Waals surface area contributed by atoms with Gasteiger partial charge in [-0.25, -0.2) is 19.9 Å². The molecule has 232 valence electrons. The molecule has 2 N–H and O–H groups in total. The summed E-state index contributed by atoms with van der Waals surface area (Å²) >= 11 is 0. The van der Waals surface area contributed by atoms with Gasteiger partial charge in [0.2, 0.25) is 11.9 Å². The largest absolute Gasteiger partial charge is 0.419 e. The molecule has 6 rings (SSSR count). The smallest absolute Gasteiger partial charge is 0.339 e. The van der Waals surface area contributed by atoms with Gasteiger partial charge in [0.15, 0.2) is 0 Å². The summed E-state index contributed by atoms with van der Waals surface area (Å²) in [4.78, 5) is 53.8. The number of rotatable bonds is 5. The molecule has 5 heterocycles. The number of amides is 3. The highest BCUT2D eigenvalue weighted by molar-refractivity contribution is 5.80. The molecule has 3 fully saturated rings. The molecular formula is C28H36F3N9O3. The number of hydrogen-bond acceptors (Lipinski definition) is 8. The number of nitrogens with zero attached hydrogens (tertiary/aromatic N) is 7. The van der Waals surface area contributed by atoms with Gasteiger partial charge in [0.05, 0.1) is 17.2 Å². The first-order valence-electron chi connectivity index (χ1n) is 15.0. The Hall–Kier alpha value is -3.75. The molecule has 1 aliphatic carbocycles. The third-order valence-electron chi connectivity index (χ3n) is 9.00. The Balaban J connectivity index is 1.000. The number of halogens is 3. The van der Waals surface area contributed by atoms with Gasteiger partial charge in [0, 0.05) is 88.5 Å². The third kappa shape index (κ3) is 6.45. The molecule has 0 bridgehead atoms. The predicted octanol–water partition coefficient (Wildman–Crippen LogP) is 1.76. The topological polar surface area (TPSA) is 131 Å². The molecule has 0 unspecified atom stereocenters. The van der Waals surface area contributed by atoms with E-state index < -0.39 is 11.7 Å². The van der Waals surface area contributed by atoms with Crippen LogP contribution in [0.3, 0.4) is 0 Å². The number of piperazine rings is 1. The quantitative estimate of drug-likeness (QED) is 0.529. The van der Waals surface area contributed by atoms with Crippen LogP contribution in [0.15, 0.2) is 17.2 Å². The van der Waals surface area contributed by atoms with Crippen LogP contribution in [-0.2, 0) is 30.5 Å². The monoisotopic (exact) mass is 603 g/mol. The summed E-state index contributed by atoms with van der Waals surface area (Å²) in [5.74, 6) is 0.105. The van der Waals surface area contributed by atoms with Gasteiger partial charge in [-0.2, -0.15) is 18.3 Å². The number of alkyl halides is 3. The maximum Gasteiger partial charge on any atom is 0.419 e. The fourth-order valence-corrected chi connectivity index (χ4v) is 6.43. The van der Waals surface area contributed by atoms with Crippen LogP contribution in [0.4, 0.5) is 23.9 Å². The SMILES string of the molecule is O=C(NC1CCCCC1)N1CCc2c(c(CN3CC(C(=O)N4CCN(c5ncc(C(F)(F)F)cn5)CC4)C3)n[nH]c2=O)C1. The molecule has 43 heavy (non-hydrogen) atoms. The van der Waals surface area contributed by atoms with Crippen molar-refractivity contribution in [3.63, 3.8) is 0 Å². The summed E-state index contributed by atoms with van der Waals surface area (Å²) in [7, 11) is 0. The van der Waals surface area contributed by atoms with E-state index in [4.69, 9.17) is 0 Å². The van der Waals surface area contributed by atoms with Crippen molar-refractivity contribution in [3.8, 4) is 0 Å². The Kier molecular flexibility index (Phi) is 8.25. The summed E-state index contributed by atoms with van der Waals surface area (Å²) in [5, 5.41) is 10.1. The molecule has 2 aromatic rings. The predicted molar refractivity (Wildman–Crippen MR) is 149 cm³/mol. The summed E-state index contributed by atoms with van der Waals surface area (Å²) in [6, 6.07) is 0.111. The molecule has 3 amide bonds. The molecule has 1 saturated carbocycles. The van der Waals surface area contributed by atoms with E-state index in [0.717, 1.165) is 49.3 Å². The number of urea groups is 1. The fourth-order valence-electron chi connectivity index (χ4n) is 6.43. The summed E-state index contributed by atoms with van der Waals surface area (Å²) < 4.78 is 38.4. The molecule has 15 heteroatoms. The Bertz CT molecular complexity index is 1380. The Labute approximate surface area is 246 Å². The van der Waals surface area contributed by atoms with Crippen LogP contribution in [0.25, 0.3) is 0 Å². The average molecular weight is 604 g/mol. The first-order chi connectivity index (χ1) is 20.7. The molecule has 12 nitrogen and oxygen atoms in total. The van der Waals surface area contributed by atoms with Crippen molar-refractivity contribution in [2.75, 3.05) is 50.7 Å². The Morgan fingerprint density at radius 2 is 1.65 bits per heavy atom. The van der Waals surface area contributed by atoms with Crippen molar-refractivity contribution >= 4 is 17.9 Å². The van der Waals surface area contributed by atoms with E-state index >= 15 is 0 Å². The number of fused-ring (bicyclic) bond motifs is 1. The van der Waals surface area contributed by atoms with Gasteiger partial charge < -0.3 is 20.0 Å². The average Bonchev–Trinajstić information content (AvgIpc) is 2.99. The zero-order chi connectivity index (χ0) is 30.1. The maximum atomic E-state index is 13.1. The van der Waals surface area contributed by atoms with E-state index in [0.29, 0.717) is 70.9 Å². The summed E-state index contributed by atoms with van der Waals surface area (Å²) in [6.45, 7) is 4.16. The van der Waals surface area contributed by atoms with Crippen molar-refractivity contribution in [2.24, 2.45) is 5.92 Å². The second kappa shape index (κ2) is 12.1. The van der Waals surface area contributed by atoms with E-state index in [1.807, 2.05) is 0 Å². The number of anilines is 1. The number of nitrogens with one attached hydrogen (secondary N) is 2. The first-order valence-corrected chi connectivity index (χ1v) is 15.0. The van der Waals surface area contributed by atoms with Crippen LogP contribution < -0.4 is 15.8 Å². The minimum Gasteiger partial charge on any atom is -0.339 e. The second-order valence-electron chi connectivity index (χ2n) is 11.9. The highest BCUT2D eigenvalue weighted by Crippen LogP contribution is 2.29. The zero-order valence-electron chi connectivity index (χ0n) is 23.9. The molecule has 2 saturated heterocycles. The van der Waals surface area contributed by atoms with Crippen molar-refractivity contribution in [2.45, 2.75) is 63.8 Å². The minimum atomic E-state index is -4.49. The van der Waals surface area contributed by atoms with Crippen LogP contribution >= 0.6 is 0 Å². The summed E-state index contributed by atoms with van der Waals surface area (Å²) in [5.41, 5.74) is 1.08. The molecule has 4 aliphatic rings. The first kappa shape index (κ1) is 29.3. The number of likely N-dealkylation sites (tertiary alicyclic amines) is 1. The van der Waals surface area contributed by atoms with Crippen LogP contribution in [0.5, 0.6) is 0 Å².